The van der Waals surface area contributed by atoms with E-state index in [9.17, 15) is 4.79 Å². The minimum absolute atomic E-state index is 0.104. The van der Waals surface area contributed by atoms with Crippen molar-refractivity contribution in [2.75, 3.05) is 0 Å². The Balaban J connectivity index is 1.27. The first-order valence-electron chi connectivity index (χ1n) is 9.08. The molecule has 1 aliphatic rings. The van der Waals surface area contributed by atoms with Gasteiger partial charge >= 0.3 is 0 Å². The van der Waals surface area contributed by atoms with Gasteiger partial charge in [0.05, 0.1) is 6.26 Å². The van der Waals surface area contributed by atoms with Gasteiger partial charge in [-0.3, -0.25) is 4.79 Å². The summed E-state index contributed by atoms with van der Waals surface area (Å²) in [5.74, 6) is 1.40. The first kappa shape index (κ1) is 17.3. The predicted octanol–water partition coefficient (Wildman–Crippen LogP) is 3.76. The maximum atomic E-state index is 12.4. The van der Waals surface area contributed by atoms with Crippen LogP contribution >= 0.6 is 0 Å². The molecule has 0 bridgehead atoms. The molecule has 27 heavy (non-hydrogen) atoms. The first-order chi connectivity index (χ1) is 13.2. The summed E-state index contributed by atoms with van der Waals surface area (Å²) >= 11 is 0. The van der Waals surface area contributed by atoms with Gasteiger partial charge in [-0.25, -0.2) is 4.98 Å². The SMILES string of the molecule is Cc1ccc(OC2CCC(NC(=O)c3cc(-c4ccco4)on3)CC2)nc1. The lowest BCUT2D eigenvalue weighted by Crippen LogP contribution is -2.39. The molecule has 4 rings (SSSR count). The van der Waals surface area contributed by atoms with E-state index >= 15 is 0 Å². The highest BCUT2D eigenvalue weighted by atomic mass is 16.5. The summed E-state index contributed by atoms with van der Waals surface area (Å²) in [6.45, 7) is 2.00. The van der Waals surface area contributed by atoms with Gasteiger partial charge in [0.1, 0.15) is 6.10 Å². The van der Waals surface area contributed by atoms with Crippen LogP contribution in [-0.4, -0.2) is 28.2 Å². The van der Waals surface area contributed by atoms with Crippen molar-refractivity contribution in [3.63, 3.8) is 0 Å². The fraction of sp³-hybridized carbons (Fsp3) is 0.350. The number of ether oxygens (including phenoxy) is 1. The lowest BCUT2D eigenvalue weighted by atomic mass is 9.93. The molecule has 0 aliphatic heterocycles. The van der Waals surface area contributed by atoms with E-state index in [0.717, 1.165) is 31.2 Å². The first-order valence-corrected chi connectivity index (χ1v) is 9.08. The largest absolute Gasteiger partial charge is 0.474 e. The Kier molecular flexibility index (Phi) is 4.91. The minimum Gasteiger partial charge on any atom is -0.474 e. The molecule has 3 heterocycles. The third-order valence-electron chi connectivity index (χ3n) is 4.69. The molecule has 0 aromatic carbocycles. The van der Waals surface area contributed by atoms with Gasteiger partial charge < -0.3 is 19.0 Å². The molecule has 0 spiro atoms. The van der Waals surface area contributed by atoms with Gasteiger partial charge in [-0.15, -0.1) is 0 Å². The Hall–Kier alpha value is -3.09. The number of aromatic nitrogens is 2. The van der Waals surface area contributed by atoms with Crippen molar-refractivity contribution in [1.29, 1.82) is 0 Å². The molecule has 0 atom stereocenters. The molecular weight excluding hydrogens is 346 g/mol. The van der Waals surface area contributed by atoms with Gasteiger partial charge in [0.15, 0.2) is 11.5 Å². The quantitative estimate of drug-likeness (QED) is 0.738. The molecule has 3 aromatic rings. The van der Waals surface area contributed by atoms with E-state index < -0.39 is 0 Å². The number of amides is 1. The van der Waals surface area contributed by atoms with Gasteiger partial charge in [0.2, 0.25) is 11.6 Å². The average molecular weight is 367 g/mol. The number of aryl methyl sites for hydroxylation is 1. The number of furan rings is 1. The third kappa shape index (κ3) is 4.19. The molecule has 1 fully saturated rings. The topological polar surface area (TPSA) is 90.4 Å². The van der Waals surface area contributed by atoms with E-state index in [4.69, 9.17) is 13.7 Å². The van der Waals surface area contributed by atoms with Crippen LogP contribution in [0, 0.1) is 6.92 Å². The molecule has 1 aliphatic carbocycles. The summed E-state index contributed by atoms with van der Waals surface area (Å²) in [6, 6.07) is 9.09. The second-order valence-electron chi connectivity index (χ2n) is 6.79. The van der Waals surface area contributed by atoms with E-state index in [0.29, 0.717) is 17.4 Å². The highest BCUT2D eigenvalue weighted by molar-refractivity contribution is 5.93. The minimum atomic E-state index is -0.235. The van der Waals surface area contributed by atoms with E-state index in [2.05, 4.69) is 15.5 Å². The number of hydrogen-bond acceptors (Lipinski definition) is 6. The van der Waals surface area contributed by atoms with Crippen LogP contribution in [0.5, 0.6) is 5.88 Å². The van der Waals surface area contributed by atoms with E-state index in [1.165, 1.54) is 0 Å². The van der Waals surface area contributed by atoms with Crippen molar-refractivity contribution in [2.45, 2.75) is 44.8 Å². The highest BCUT2D eigenvalue weighted by Gasteiger charge is 2.25. The van der Waals surface area contributed by atoms with Crippen molar-refractivity contribution >= 4 is 5.91 Å². The zero-order valence-electron chi connectivity index (χ0n) is 15.1. The zero-order chi connectivity index (χ0) is 18.6. The summed E-state index contributed by atoms with van der Waals surface area (Å²) in [5.41, 5.74) is 1.36. The molecule has 140 valence electrons. The number of hydrogen-bond donors (Lipinski definition) is 1. The number of pyridine rings is 1. The van der Waals surface area contributed by atoms with Crippen LogP contribution in [0.25, 0.3) is 11.5 Å². The lowest BCUT2D eigenvalue weighted by molar-refractivity contribution is 0.0881. The van der Waals surface area contributed by atoms with Crippen molar-refractivity contribution in [1.82, 2.24) is 15.5 Å². The van der Waals surface area contributed by atoms with Crippen LogP contribution in [0.1, 0.15) is 41.7 Å². The number of nitrogens with zero attached hydrogens (tertiary/aromatic N) is 2. The molecule has 1 N–H and O–H groups in total. The number of rotatable bonds is 5. The fourth-order valence-electron chi connectivity index (χ4n) is 3.20. The predicted molar refractivity (Wildman–Crippen MR) is 97.3 cm³/mol. The van der Waals surface area contributed by atoms with Crippen molar-refractivity contribution in [3.8, 4) is 17.4 Å². The van der Waals surface area contributed by atoms with Crippen LogP contribution in [0.2, 0.25) is 0 Å². The second-order valence-corrected chi connectivity index (χ2v) is 6.79. The van der Waals surface area contributed by atoms with Gasteiger partial charge in [-0.2, -0.15) is 0 Å². The molecule has 1 amide bonds. The highest BCUT2D eigenvalue weighted by Crippen LogP contribution is 2.24. The molecule has 3 aromatic heterocycles. The fourth-order valence-corrected chi connectivity index (χ4v) is 3.20. The normalized spacial score (nSPS) is 19.6. The lowest BCUT2D eigenvalue weighted by Gasteiger charge is -2.29. The van der Waals surface area contributed by atoms with Crippen LogP contribution in [-0.2, 0) is 0 Å². The van der Waals surface area contributed by atoms with Gasteiger partial charge in [-0.05, 0) is 50.3 Å². The monoisotopic (exact) mass is 367 g/mol. The number of carbonyl (C=O) groups is 1. The Morgan fingerprint density at radius 1 is 1.19 bits per heavy atom. The molecule has 7 heteroatoms. The van der Waals surface area contributed by atoms with Crippen molar-refractivity contribution in [2.24, 2.45) is 0 Å². The van der Waals surface area contributed by atoms with Crippen molar-refractivity contribution in [3.05, 3.63) is 54.0 Å². The summed E-state index contributed by atoms with van der Waals surface area (Å²) in [4.78, 5) is 16.7. The van der Waals surface area contributed by atoms with Crippen LogP contribution in [0.15, 0.2) is 51.7 Å². The van der Waals surface area contributed by atoms with Gasteiger partial charge in [0.25, 0.3) is 5.91 Å². The molecular formula is C20H21N3O4. The second kappa shape index (κ2) is 7.65. The molecule has 7 nitrogen and oxygen atoms in total. The third-order valence-corrected chi connectivity index (χ3v) is 4.69. The van der Waals surface area contributed by atoms with E-state index in [1.54, 1.807) is 30.7 Å². The Labute approximate surface area is 156 Å². The Morgan fingerprint density at radius 3 is 2.74 bits per heavy atom. The number of carbonyl (C=O) groups excluding carboxylic acids is 1. The summed E-state index contributed by atoms with van der Waals surface area (Å²) in [6.07, 6.45) is 6.93. The van der Waals surface area contributed by atoms with Crippen LogP contribution < -0.4 is 10.1 Å². The van der Waals surface area contributed by atoms with Gasteiger partial charge in [0, 0.05) is 24.4 Å². The van der Waals surface area contributed by atoms with E-state index in [1.807, 2.05) is 19.1 Å². The average Bonchev–Trinajstić information content (AvgIpc) is 3.36. The molecule has 0 unspecified atom stereocenters. The summed E-state index contributed by atoms with van der Waals surface area (Å²) in [5, 5.41) is 6.86. The van der Waals surface area contributed by atoms with Crippen molar-refractivity contribution < 1.29 is 18.5 Å². The maximum Gasteiger partial charge on any atom is 0.273 e. The van der Waals surface area contributed by atoms with Crippen LogP contribution in [0.3, 0.4) is 0 Å². The van der Waals surface area contributed by atoms with Gasteiger partial charge in [-0.1, -0.05) is 11.2 Å². The Bertz CT molecular complexity index is 878. The summed E-state index contributed by atoms with van der Waals surface area (Å²) < 4.78 is 16.4. The van der Waals surface area contributed by atoms with E-state index in [-0.39, 0.29) is 23.7 Å². The molecule has 0 saturated heterocycles. The van der Waals surface area contributed by atoms with Crippen LogP contribution in [0.4, 0.5) is 0 Å². The molecule has 0 radical (unpaired) electrons. The molecule has 1 saturated carbocycles. The maximum absolute atomic E-state index is 12.4. The Morgan fingerprint density at radius 2 is 2.04 bits per heavy atom. The summed E-state index contributed by atoms with van der Waals surface area (Å²) in [7, 11) is 0. The number of nitrogens with one attached hydrogen (secondary N) is 1. The standard InChI is InChI=1S/C20H21N3O4/c1-13-4-9-19(21-12-13)26-15-7-5-14(6-8-15)22-20(24)16-11-18(27-23-16)17-3-2-10-25-17/h2-4,9-12,14-15H,5-8H2,1H3,(H,22,24). The smallest absolute Gasteiger partial charge is 0.273 e. The zero-order valence-corrected chi connectivity index (χ0v) is 15.1.